The number of rotatable bonds is 5. The van der Waals surface area contributed by atoms with Gasteiger partial charge in [0.15, 0.2) is 6.10 Å². The van der Waals surface area contributed by atoms with E-state index in [1.165, 1.54) is 5.56 Å². The summed E-state index contributed by atoms with van der Waals surface area (Å²) < 4.78 is 0. The van der Waals surface area contributed by atoms with Crippen molar-refractivity contribution in [2.24, 2.45) is 5.16 Å². The monoisotopic (exact) mass is 379 g/mol. The molecule has 5 nitrogen and oxygen atoms in total. The summed E-state index contributed by atoms with van der Waals surface area (Å²) in [6, 6.07) is 18.2. The molecule has 5 heteroatoms. The Balaban J connectivity index is 1.67. The molecule has 0 saturated heterocycles. The zero-order valence-electron chi connectivity index (χ0n) is 17.1. The van der Waals surface area contributed by atoms with Gasteiger partial charge in [-0.05, 0) is 38.8 Å². The maximum Gasteiger partial charge on any atom is 0.318 e. The number of carbonyl (C=O) groups excluding carboxylic acids is 1. The van der Waals surface area contributed by atoms with Crippen molar-refractivity contribution >= 4 is 11.7 Å². The van der Waals surface area contributed by atoms with E-state index in [-0.39, 0.29) is 17.7 Å². The molecular weight excluding hydrogens is 350 g/mol. The Labute approximate surface area is 167 Å². The molecule has 148 valence electrons. The first-order valence-corrected chi connectivity index (χ1v) is 9.71. The van der Waals surface area contributed by atoms with Gasteiger partial charge < -0.3 is 15.1 Å². The molecule has 0 spiro atoms. The van der Waals surface area contributed by atoms with Crippen LogP contribution in [0.2, 0.25) is 0 Å². The second-order valence-corrected chi connectivity index (χ2v) is 8.38. The minimum atomic E-state index is -0.299. The SMILES string of the molecule is Cc1ccc(C2=NOC(CN(Cc3ccccc3)C(=O)NC(C)(C)C)C2)cc1. The maximum absolute atomic E-state index is 12.9. The summed E-state index contributed by atoms with van der Waals surface area (Å²) in [6.07, 6.45) is 0.544. The van der Waals surface area contributed by atoms with Crippen LogP contribution < -0.4 is 5.32 Å². The summed E-state index contributed by atoms with van der Waals surface area (Å²) >= 11 is 0. The summed E-state index contributed by atoms with van der Waals surface area (Å²) in [4.78, 5) is 20.3. The van der Waals surface area contributed by atoms with Crippen LogP contribution in [-0.2, 0) is 11.4 Å². The van der Waals surface area contributed by atoms with E-state index in [4.69, 9.17) is 4.84 Å². The number of aryl methyl sites for hydroxylation is 1. The summed E-state index contributed by atoms with van der Waals surface area (Å²) in [5, 5.41) is 7.33. The van der Waals surface area contributed by atoms with Crippen molar-refractivity contribution in [2.75, 3.05) is 6.54 Å². The molecule has 0 saturated carbocycles. The summed E-state index contributed by atoms with van der Waals surface area (Å²) in [6.45, 7) is 9.02. The summed E-state index contributed by atoms with van der Waals surface area (Å²) in [7, 11) is 0. The number of urea groups is 1. The minimum Gasteiger partial charge on any atom is -0.390 e. The molecule has 3 rings (SSSR count). The molecule has 0 aromatic heterocycles. The largest absolute Gasteiger partial charge is 0.390 e. The molecule has 0 bridgehead atoms. The fourth-order valence-electron chi connectivity index (χ4n) is 3.11. The van der Waals surface area contributed by atoms with Gasteiger partial charge in [0.1, 0.15) is 0 Å². The van der Waals surface area contributed by atoms with Gasteiger partial charge in [-0.2, -0.15) is 0 Å². The Morgan fingerprint density at radius 2 is 1.82 bits per heavy atom. The van der Waals surface area contributed by atoms with Gasteiger partial charge in [0.25, 0.3) is 0 Å². The number of nitrogens with one attached hydrogen (secondary N) is 1. The van der Waals surface area contributed by atoms with Crippen molar-refractivity contribution in [3.05, 3.63) is 71.3 Å². The normalized spacial score (nSPS) is 16.3. The standard InChI is InChI=1S/C23H29N3O2/c1-17-10-12-19(13-11-17)21-14-20(28-25-21)16-26(22(27)24-23(2,3)4)15-18-8-6-5-7-9-18/h5-13,20H,14-16H2,1-4H3,(H,24,27). The van der Waals surface area contributed by atoms with Gasteiger partial charge in [-0.1, -0.05) is 65.3 Å². The molecule has 0 radical (unpaired) electrons. The minimum absolute atomic E-state index is 0.0938. The lowest BCUT2D eigenvalue weighted by atomic mass is 10.0. The van der Waals surface area contributed by atoms with Crippen molar-refractivity contribution in [1.29, 1.82) is 0 Å². The first-order chi connectivity index (χ1) is 13.3. The fraction of sp³-hybridized carbons (Fsp3) is 0.391. The third-order valence-electron chi connectivity index (χ3n) is 4.53. The van der Waals surface area contributed by atoms with Crippen LogP contribution in [0.4, 0.5) is 4.79 Å². The molecule has 1 heterocycles. The second kappa shape index (κ2) is 8.46. The van der Waals surface area contributed by atoms with Crippen LogP contribution in [0, 0.1) is 6.92 Å². The summed E-state index contributed by atoms with van der Waals surface area (Å²) in [5.74, 6) is 0. The molecule has 0 aliphatic carbocycles. The van der Waals surface area contributed by atoms with E-state index in [2.05, 4.69) is 41.7 Å². The van der Waals surface area contributed by atoms with Crippen molar-refractivity contribution in [1.82, 2.24) is 10.2 Å². The Hall–Kier alpha value is -2.82. The van der Waals surface area contributed by atoms with E-state index in [1.807, 2.05) is 51.1 Å². The lowest BCUT2D eigenvalue weighted by Gasteiger charge is -2.29. The highest BCUT2D eigenvalue weighted by Crippen LogP contribution is 2.19. The molecule has 1 aliphatic heterocycles. The zero-order valence-corrected chi connectivity index (χ0v) is 17.1. The third-order valence-corrected chi connectivity index (χ3v) is 4.53. The van der Waals surface area contributed by atoms with E-state index in [1.54, 1.807) is 4.90 Å². The highest BCUT2D eigenvalue weighted by Gasteiger charge is 2.28. The molecule has 2 aromatic carbocycles. The Morgan fingerprint density at radius 1 is 1.14 bits per heavy atom. The van der Waals surface area contributed by atoms with Crippen LogP contribution in [-0.4, -0.2) is 34.8 Å². The van der Waals surface area contributed by atoms with E-state index in [0.29, 0.717) is 19.5 Å². The number of nitrogens with zero attached hydrogens (tertiary/aromatic N) is 2. The molecule has 2 aromatic rings. The predicted octanol–water partition coefficient (Wildman–Crippen LogP) is 4.50. The van der Waals surface area contributed by atoms with Gasteiger partial charge in [0.2, 0.25) is 0 Å². The van der Waals surface area contributed by atoms with E-state index < -0.39 is 0 Å². The number of carbonyl (C=O) groups is 1. The highest BCUT2D eigenvalue weighted by molar-refractivity contribution is 6.01. The van der Waals surface area contributed by atoms with Crippen molar-refractivity contribution < 1.29 is 9.63 Å². The Kier molecular flexibility index (Phi) is 6.02. The molecule has 1 N–H and O–H groups in total. The Bertz CT molecular complexity index is 823. The van der Waals surface area contributed by atoms with Gasteiger partial charge in [0.05, 0.1) is 12.3 Å². The van der Waals surface area contributed by atoms with Crippen LogP contribution in [0.15, 0.2) is 59.8 Å². The molecular formula is C23H29N3O2. The molecule has 28 heavy (non-hydrogen) atoms. The van der Waals surface area contributed by atoms with Crippen LogP contribution in [0.25, 0.3) is 0 Å². The van der Waals surface area contributed by atoms with Crippen molar-refractivity contribution in [3.8, 4) is 0 Å². The van der Waals surface area contributed by atoms with Gasteiger partial charge in [-0.15, -0.1) is 0 Å². The van der Waals surface area contributed by atoms with Crippen LogP contribution in [0.3, 0.4) is 0 Å². The van der Waals surface area contributed by atoms with Crippen LogP contribution in [0.5, 0.6) is 0 Å². The smallest absolute Gasteiger partial charge is 0.318 e. The summed E-state index contributed by atoms with van der Waals surface area (Å²) in [5.41, 5.74) is 4.01. The number of hydrogen-bond acceptors (Lipinski definition) is 3. The van der Waals surface area contributed by atoms with Gasteiger partial charge >= 0.3 is 6.03 Å². The van der Waals surface area contributed by atoms with Crippen LogP contribution in [0.1, 0.15) is 43.9 Å². The number of oxime groups is 1. The number of amides is 2. The van der Waals surface area contributed by atoms with Gasteiger partial charge in [-0.25, -0.2) is 4.79 Å². The zero-order chi connectivity index (χ0) is 20.1. The highest BCUT2D eigenvalue weighted by atomic mass is 16.6. The quantitative estimate of drug-likeness (QED) is 0.832. The van der Waals surface area contributed by atoms with Gasteiger partial charge in [0, 0.05) is 18.5 Å². The molecule has 2 amide bonds. The van der Waals surface area contributed by atoms with Gasteiger partial charge in [-0.3, -0.25) is 0 Å². The molecule has 1 aliphatic rings. The average Bonchev–Trinajstić information content (AvgIpc) is 3.10. The average molecular weight is 380 g/mol. The fourth-order valence-corrected chi connectivity index (χ4v) is 3.11. The van der Waals surface area contributed by atoms with E-state index in [0.717, 1.165) is 16.8 Å². The Morgan fingerprint density at radius 3 is 2.46 bits per heavy atom. The number of benzene rings is 2. The first-order valence-electron chi connectivity index (χ1n) is 9.71. The third kappa shape index (κ3) is 5.59. The van der Waals surface area contributed by atoms with Crippen LogP contribution >= 0.6 is 0 Å². The molecule has 1 atom stereocenters. The van der Waals surface area contributed by atoms with E-state index >= 15 is 0 Å². The molecule has 0 fully saturated rings. The second-order valence-electron chi connectivity index (χ2n) is 8.38. The first kappa shape index (κ1) is 19.9. The lowest BCUT2D eigenvalue weighted by molar-refractivity contribution is 0.0580. The number of hydrogen-bond donors (Lipinski definition) is 1. The topological polar surface area (TPSA) is 53.9 Å². The molecule has 1 unspecified atom stereocenters. The maximum atomic E-state index is 12.9. The predicted molar refractivity (Wildman–Crippen MR) is 112 cm³/mol. The van der Waals surface area contributed by atoms with Crippen molar-refractivity contribution in [2.45, 2.75) is 52.3 Å². The lowest BCUT2D eigenvalue weighted by Crippen LogP contribution is -2.50. The van der Waals surface area contributed by atoms with Crippen molar-refractivity contribution in [3.63, 3.8) is 0 Å². The van der Waals surface area contributed by atoms with E-state index in [9.17, 15) is 4.79 Å².